The number of hydrogen-bond acceptors (Lipinski definition) is 5. The van der Waals surface area contributed by atoms with Crippen molar-refractivity contribution >= 4 is 23.1 Å². The Bertz CT molecular complexity index is 919. The van der Waals surface area contributed by atoms with Crippen LogP contribution >= 0.6 is 0 Å². The minimum Gasteiger partial charge on any atom is -0.394 e. The normalized spacial score (nSPS) is 12.3. The van der Waals surface area contributed by atoms with Crippen LogP contribution in [-0.2, 0) is 4.79 Å². The summed E-state index contributed by atoms with van der Waals surface area (Å²) in [5, 5.41) is 15.7. The predicted molar refractivity (Wildman–Crippen MR) is 102 cm³/mol. The molecule has 3 rings (SSSR count). The molecule has 1 unspecified atom stereocenters. The molecule has 26 heavy (non-hydrogen) atoms. The molecule has 0 aliphatic heterocycles. The summed E-state index contributed by atoms with van der Waals surface area (Å²) in [7, 11) is 0. The van der Waals surface area contributed by atoms with Crippen LogP contribution in [-0.4, -0.2) is 38.0 Å². The number of nitrogens with one attached hydrogen (secondary N) is 2. The Morgan fingerprint density at radius 2 is 2.15 bits per heavy atom. The molecule has 1 atom stereocenters. The number of aliphatic hydroxyl groups is 1. The summed E-state index contributed by atoms with van der Waals surface area (Å²) in [5.41, 5.74) is 3.03. The van der Waals surface area contributed by atoms with Crippen molar-refractivity contribution in [1.82, 2.24) is 14.4 Å². The number of imidazole rings is 1. The number of nitrogens with zero attached hydrogens (tertiary/aromatic N) is 3. The summed E-state index contributed by atoms with van der Waals surface area (Å²) >= 11 is 0. The maximum atomic E-state index is 11.3. The van der Waals surface area contributed by atoms with Gasteiger partial charge in [-0.2, -0.15) is 0 Å². The van der Waals surface area contributed by atoms with Gasteiger partial charge in [0, 0.05) is 36.8 Å². The molecular formula is C19H23N5O2. The molecule has 7 nitrogen and oxygen atoms in total. The highest BCUT2D eigenvalue weighted by atomic mass is 16.3. The number of rotatable bonds is 6. The molecule has 0 aliphatic carbocycles. The van der Waals surface area contributed by atoms with Crippen LogP contribution in [0.4, 0.5) is 11.5 Å². The molecule has 1 aromatic carbocycles. The molecule has 136 valence electrons. The SMILES string of the molecule is CC(=O)Nc1cccc(-c2cn3ccnc3c(NC(CO)C(C)C)n2)c1. The van der Waals surface area contributed by atoms with E-state index in [-0.39, 0.29) is 24.5 Å². The largest absolute Gasteiger partial charge is 0.394 e. The zero-order chi connectivity index (χ0) is 18.7. The first-order valence-corrected chi connectivity index (χ1v) is 8.57. The Morgan fingerprint density at radius 3 is 2.85 bits per heavy atom. The van der Waals surface area contributed by atoms with Gasteiger partial charge in [-0.15, -0.1) is 0 Å². The molecule has 3 aromatic rings. The number of aromatic nitrogens is 3. The van der Waals surface area contributed by atoms with Crippen LogP contribution in [0.1, 0.15) is 20.8 Å². The number of aliphatic hydroxyl groups excluding tert-OH is 1. The van der Waals surface area contributed by atoms with Crippen molar-refractivity contribution in [3.05, 3.63) is 42.9 Å². The van der Waals surface area contributed by atoms with Crippen LogP contribution in [0.2, 0.25) is 0 Å². The maximum absolute atomic E-state index is 11.3. The third-order valence-corrected chi connectivity index (χ3v) is 4.18. The average molecular weight is 353 g/mol. The molecular weight excluding hydrogens is 330 g/mol. The van der Waals surface area contributed by atoms with E-state index in [4.69, 9.17) is 4.98 Å². The van der Waals surface area contributed by atoms with E-state index in [9.17, 15) is 9.90 Å². The van der Waals surface area contributed by atoms with Crippen molar-refractivity contribution in [1.29, 1.82) is 0 Å². The van der Waals surface area contributed by atoms with Crippen LogP contribution in [0, 0.1) is 5.92 Å². The van der Waals surface area contributed by atoms with Crippen molar-refractivity contribution in [3.8, 4) is 11.3 Å². The molecule has 0 saturated heterocycles. The van der Waals surface area contributed by atoms with Crippen LogP contribution in [0.5, 0.6) is 0 Å². The maximum Gasteiger partial charge on any atom is 0.221 e. The van der Waals surface area contributed by atoms with E-state index in [1.54, 1.807) is 6.20 Å². The van der Waals surface area contributed by atoms with Gasteiger partial charge in [-0.1, -0.05) is 26.0 Å². The summed E-state index contributed by atoms with van der Waals surface area (Å²) in [4.78, 5) is 20.4. The van der Waals surface area contributed by atoms with E-state index >= 15 is 0 Å². The van der Waals surface area contributed by atoms with Crippen LogP contribution < -0.4 is 10.6 Å². The Hall–Kier alpha value is -2.93. The van der Waals surface area contributed by atoms with Gasteiger partial charge in [-0.25, -0.2) is 9.97 Å². The van der Waals surface area contributed by atoms with Crippen LogP contribution in [0.15, 0.2) is 42.9 Å². The standard InChI is InChI=1S/C19H23N5O2/c1-12(2)17(11-25)23-18-19-20-7-8-24(19)10-16(22-18)14-5-4-6-15(9-14)21-13(3)26/h4-10,12,17,25H,11H2,1-3H3,(H,21,26)(H,22,23). The average Bonchev–Trinajstić information content (AvgIpc) is 3.07. The molecule has 0 fully saturated rings. The zero-order valence-electron chi connectivity index (χ0n) is 15.1. The number of anilines is 2. The van der Waals surface area contributed by atoms with Gasteiger partial charge in [0.15, 0.2) is 11.5 Å². The van der Waals surface area contributed by atoms with E-state index < -0.39 is 0 Å². The van der Waals surface area contributed by atoms with Gasteiger partial charge >= 0.3 is 0 Å². The highest BCUT2D eigenvalue weighted by Gasteiger charge is 2.16. The lowest BCUT2D eigenvalue weighted by Gasteiger charge is -2.21. The second-order valence-corrected chi connectivity index (χ2v) is 6.57. The molecule has 0 bridgehead atoms. The van der Waals surface area contributed by atoms with Crippen molar-refractivity contribution < 1.29 is 9.90 Å². The van der Waals surface area contributed by atoms with Crippen molar-refractivity contribution in [3.63, 3.8) is 0 Å². The summed E-state index contributed by atoms with van der Waals surface area (Å²) in [6.07, 6.45) is 5.46. The topological polar surface area (TPSA) is 91.6 Å². The summed E-state index contributed by atoms with van der Waals surface area (Å²) in [5.74, 6) is 0.735. The predicted octanol–water partition coefficient (Wildman–Crippen LogP) is 2.78. The van der Waals surface area contributed by atoms with E-state index in [2.05, 4.69) is 15.6 Å². The van der Waals surface area contributed by atoms with Gasteiger partial charge in [0.25, 0.3) is 0 Å². The molecule has 0 aliphatic rings. The summed E-state index contributed by atoms with van der Waals surface area (Å²) in [6, 6.07) is 7.40. The second kappa shape index (κ2) is 7.53. The van der Waals surface area contributed by atoms with E-state index in [0.717, 1.165) is 11.3 Å². The van der Waals surface area contributed by atoms with Gasteiger partial charge in [0.2, 0.25) is 5.91 Å². The van der Waals surface area contributed by atoms with E-state index in [1.165, 1.54) is 6.92 Å². The van der Waals surface area contributed by atoms with Crippen LogP contribution in [0.25, 0.3) is 16.9 Å². The fraction of sp³-hybridized carbons (Fsp3) is 0.316. The lowest BCUT2D eigenvalue weighted by molar-refractivity contribution is -0.114. The Morgan fingerprint density at radius 1 is 1.35 bits per heavy atom. The number of carbonyl (C=O) groups is 1. The minimum absolute atomic E-state index is 0.00839. The minimum atomic E-state index is -0.121. The molecule has 2 heterocycles. The number of fused-ring (bicyclic) bond motifs is 1. The number of amides is 1. The molecule has 0 saturated carbocycles. The van der Waals surface area contributed by atoms with Crippen LogP contribution in [0.3, 0.4) is 0 Å². The van der Waals surface area contributed by atoms with Gasteiger partial charge in [-0.05, 0) is 18.1 Å². The smallest absolute Gasteiger partial charge is 0.221 e. The van der Waals surface area contributed by atoms with E-state index in [1.807, 2.05) is 54.9 Å². The Balaban J connectivity index is 2.03. The van der Waals surface area contributed by atoms with Crippen molar-refractivity contribution in [2.75, 3.05) is 17.2 Å². The second-order valence-electron chi connectivity index (χ2n) is 6.57. The lowest BCUT2D eigenvalue weighted by atomic mass is 10.1. The quantitative estimate of drug-likeness (QED) is 0.634. The molecule has 0 spiro atoms. The first kappa shape index (κ1) is 17.9. The molecule has 0 radical (unpaired) electrons. The van der Waals surface area contributed by atoms with Gasteiger partial charge < -0.3 is 20.1 Å². The van der Waals surface area contributed by atoms with Gasteiger partial charge in [-0.3, -0.25) is 4.79 Å². The van der Waals surface area contributed by atoms with Gasteiger partial charge in [0.1, 0.15) is 0 Å². The summed E-state index contributed by atoms with van der Waals surface area (Å²) in [6.45, 7) is 5.56. The number of carbonyl (C=O) groups excluding carboxylic acids is 1. The molecule has 2 aromatic heterocycles. The van der Waals surface area contributed by atoms with E-state index in [0.29, 0.717) is 17.2 Å². The third kappa shape index (κ3) is 3.83. The monoisotopic (exact) mass is 353 g/mol. The highest BCUT2D eigenvalue weighted by Crippen LogP contribution is 2.25. The fourth-order valence-electron chi connectivity index (χ4n) is 2.73. The van der Waals surface area contributed by atoms with Crippen molar-refractivity contribution in [2.45, 2.75) is 26.8 Å². The molecule has 7 heteroatoms. The first-order valence-electron chi connectivity index (χ1n) is 8.57. The highest BCUT2D eigenvalue weighted by molar-refractivity contribution is 5.89. The number of hydrogen-bond donors (Lipinski definition) is 3. The summed E-state index contributed by atoms with van der Waals surface area (Å²) < 4.78 is 1.89. The van der Waals surface area contributed by atoms with Crippen molar-refractivity contribution in [2.24, 2.45) is 5.92 Å². The molecule has 1 amide bonds. The third-order valence-electron chi connectivity index (χ3n) is 4.18. The Kier molecular flexibility index (Phi) is 5.18. The Labute approximate surface area is 152 Å². The van der Waals surface area contributed by atoms with Gasteiger partial charge in [0.05, 0.1) is 18.3 Å². The fourth-order valence-corrected chi connectivity index (χ4v) is 2.73. The number of benzene rings is 1. The molecule has 3 N–H and O–H groups in total. The first-order chi connectivity index (χ1) is 12.5. The lowest BCUT2D eigenvalue weighted by Crippen LogP contribution is -2.30. The zero-order valence-corrected chi connectivity index (χ0v) is 15.1.